The molecule has 0 fully saturated rings. The Morgan fingerprint density at radius 2 is 2.21 bits per heavy atom. The third-order valence-corrected chi connectivity index (χ3v) is 2.62. The maximum Gasteiger partial charge on any atom is 0.233 e. The first-order valence-electron chi connectivity index (χ1n) is 4.97. The van der Waals surface area contributed by atoms with E-state index >= 15 is 0 Å². The van der Waals surface area contributed by atoms with Gasteiger partial charge in [-0.3, -0.25) is 4.79 Å². The van der Waals surface area contributed by atoms with E-state index < -0.39 is 0 Å². The minimum absolute atomic E-state index is 0.0506. The molecule has 0 heterocycles. The number of rotatable bonds is 9. The average molecular weight is 220 g/mol. The Balaban J connectivity index is 3.07. The Hall–Kier alpha value is -0.260. The van der Waals surface area contributed by atoms with Crippen molar-refractivity contribution >= 4 is 17.7 Å². The van der Waals surface area contributed by atoms with E-state index in [-0.39, 0.29) is 12.5 Å². The third kappa shape index (κ3) is 9.83. The van der Waals surface area contributed by atoms with Gasteiger partial charge in [0.25, 0.3) is 0 Å². The van der Waals surface area contributed by atoms with Crippen LogP contribution < -0.4 is 10.6 Å². The number of hydrogen-bond acceptors (Lipinski definition) is 4. The molecule has 0 saturated heterocycles. The summed E-state index contributed by atoms with van der Waals surface area (Å²) in [4.78, 5) is 11.1. The van der Waals surface area contributed by atoms with Gasteiger partial charge in [-0.2, -0.15) is 11.8 Å². The molecule has 4 nitrogen and oxygen atoms in total. The number of amides is 1. The van der Waals surface area contributed by atoms with Crippen LogP contribution in [0, 0.1) is 0 Å². The first-order valence-corrected chi connectivity index (χ1v) is 6.12. The van der Waals surface area contributed by atoms with Gasteiger partial charge < -0.3 is 15.7 Å². The molecule has 5 heteroatoms. The van der Waals surface area contributed by atoms with Gasteiger partial charge in [-0.25, -0.2) is 0 Å². The molecule has 0 bridgehead atoms. The number of hydrogen-bond donors (Lipinski definition) is 3. The number of carbonyl (C=O) groups excluding carboxylic acids is 1. The fourth-order valence-corrected chi connectivity index (χ4v) is 1.62. The highest BCUT2D eigenvalue weighted by molar-refractivity contribution is 7.99. The lowest BCUT2D eigenvalue weighted by Crippen LogP contribution is -2.34. The molecule has 0 aliphatic rings. The summed E-state index contributed by atoms with van der Waals surface area (Å²) >= 11 is 1.75. The molecule has 3 N–H and O–H groups in total. The lowest BCUT2D eigenvalue weighted by Gasteiger charge is -2.04. The van der Waals surface area contributed by atoms with Crippen LogP contribution in [0.2, 0.25) is 0 Å². The molecule has 0 saturated carbocycles. The van der Waals surface area contributed by atoms with E-state index in [1.165, 1.54) is 0 Å². The zero-order valence-corrected chi connectivity index (χ0v) is 9.53. The fraction of sp³-hybridized carbons (Fsp3) is 0.889. The predicted molar refractivity (Wildman–Crippen MR) is 60.6 cm³/mol. The second kappa shape index (κ2) is 10.8. The molecule has 84 valence electrons. The average Bonchev–Trinajstić information content (AvgIpc) is 2.20. The summed E-state index contributed by atoms with van der Waals surface area (Å²) < 4.78 is 0. The van der Waals surface area contributed by atoms with Gasteiger partial charge in [-0.15, -0.1) is 0 Å². The molecule has 0 unspecified atom stereocenters. The second-order valence-electron chi connectivity index (χ2n) is 2.82. The molecule has 0 aliphatic carbocycles. The maximum atomic E-state index is 11.1. The Bertz CT molecular complexity index is 145. The van der Waals surface area contributed by atoms with Crippen molar-refractivity contribution in [2.75, 3.05) is 37.7 Å². The van der Waals surface area contributed by atoms with Crippen LogP contribution in [0.5, 0.6) is 0 Å². The number of aliphatic hydroxyl groups excluding tert-OH is 1. The van der Waals surface area contributed by atoms with Gasteiger partial charge >= 0.3 is 0 Å². The van der Waals surface area contributed by atoms with Crippen LogP contribution in [0.15, 0.2) is 0 Å². The Labute approximate surface area is 89.8 Å². The smallest absolute Gasteiger partial charge is 0.233 e. The zero-order chi connectivity index (χ0) is 10.6. The summed E-state index contributed by atoms with van der Waals surface area (Å²) in [7, 11) is 0. The van der Waals surface area contributed by atoms with Crippen LogP contribution in [-0.4, -0.2) is 48.8 Å². The van der Waals surface area contributed by atoms with Crippen LogP contribution in [0.3, 0.4) is 0 Å². The Kier molecular flexibility index (Phi) is 10.6. The van der Waals surface area contributed by atoms with Crippen LogP contribution >= 0.6 is 11.8 Å². The Morgan fingerprint density at radius 3 is 2.86 bits per heavy atom. The number of aliphatic hydroxyl groups is 1. The largest absolute Gasteiger partial charge is 0.396 e. The van der Waals surface area contributed by atoms with Gasteiger partial charge in [-0.1, -0.05) is 6.92 Å². The first kappa shape index (κ1) is 13.7. The molecule has 1 amide bonds. The second-order valence-corrected chi connectivity index (χ2v) is 4.04. The van der Waals surface area contributed by atoms with Crippen molar-refractivity contribution in [1.82, 2.24) is 10.6 Å². The summed E-state index contributed by atoms with van der Waals surface area (Å²) in [5.41, 5.74) is 0. The third-order valence-electron chi connectivity index (χ3n) is 1.55. The van der Waals surface area contributed by atoms with Crippen molar-refractivity contribution in [3.63, 3.8) is 0 Å². The van der Waals surface area contributed by atoms with E-state index in [1.807, 2.05) is 6.92 Å². The van der Waals surface area contributed by atoms with E-state index in [9.17, 15) is 4.79 Å². The summed E-state index contributed by atoms with van der Waals surface area (Å²) in [6.45, 7) is 4.15. The molecule has 0 rings (SSSR count). The summed E-state index contributed by atoms with van der Waals surface area (Å²) in [5, 5.41) is 14.3. The standard InChI is InChI=1S/C9H20N2O2S/c1-2-10-8-9(13)11-4-7-14-6-3-5-12/h10,12H,2-8H2,1H3,(H,11,13). The highest BCUT2D eigenvalue weighted by Crippen LogP contribution is 1.99. The molecule has 0 aliphatic heterocycles. The minimum Gasteiger partial charge on any atom is -0.396 e. The van der Waals surface area contributed by atoms with Gasteiger partial charge in [0.05, 0.1) is 6.54 Å². The summed E-state index contributed by atoms with van der Waals surface area (Å²) in [6, 6.07) is 0. The maximum absolute atomic E-state index is 11.1. The van der Waals surface area contributed by atoms with Crippen LogP contribution in [0.1, 0.15) is 13.3 Å². The predicted octanol–water partition coefficient (Wildman–Crippen LogP) is -0.172. The first-order chi connectivity index (χ1) is 6.81. The number of thioether (sulfide) groups is 1. The number of nitrogens with one attached hydrogen (secondary N) is 2. The van der Waals surface area contributed by atoms with Crippen molar-refractivity contribution in [1.29, 1.82) is 0 Å². The molecular formula is C9H20N2O2S. The molecule has 0 aromatic heterocycles. The summed E-state index contributed by atoms with van der Waals surface area (Å²) in [6.07, 6.45) is 0.829. The molecule has 0 spiro atoms. The van der Waals surface area contributed by atoms with E-state index in [1.54, 1.807) is 11.8 Å². The fourth-order valence-electron chi connectivity index (χ4n) is 0.832. The number of likely N-dealkylation sites (N-methyl/N-ethyl adjacent to an activating group) is 1. The van der Waals surface area contributed by atoms with Crippen LogP contribution in [-0.2, 0) is 4.79 Å². The van der Waals surface area contributed by atoms with Gasteiger partial charge in [0.2, 0.25) is 5.91 Å². The minimum atomic E-state index is 0.0506. The van der Waals surface area contributed by atoms with E-state index in [0.29, 0.717) is 13.1 Å². The molecule has 14 heavy (non-hydrogen) atoms. The molecule has 0 atom stereocenters. The number of carbonyl (C=O) groups is 1. The summed E-state index contributed by atoms with van der Waals surface area (Å²) in [5.74, 6) is 1.92. The topological polar surface area (TPSA) is 61.4 Å². The highest BCUT2D eigenvalue weighted by atomic mass is 32.2. The van der Waals surface area contributed by atoms with Crippen molar-refractivity contribution in [3.8, 4) is 0 Å². The highest BCUT2D eigenvalue weighted by Gasteiger charge is 1.97. The van der Waals surface area contributed by atoms with Gasteiger partial charge in [0.15, 0.2) is 0 Å². The molecule has 0 aromatic rings. The van der Waals surface area contributed by atoms with Crippen molar-refractivity contribution in [3.05, 3.63) is 0 Å². The Morgan fingerprint density at radius 1 is 1.43 bits per heavy atom. The molecule has 0 radical (unpaired) electrons. The van der Waals surface area contributed by atoms with Crippen molar-refractivity contribution < 1.29 is 9.90 Å². The van der Waals surface area contributed by atoms with Crippen molar-refractivity contribution in [2.45, 2.75) is 13.3 Å². The lowest BCUT2D eigenvalue weighted by atomic mass is 10.5. The van der Waals surface area contributed by atoms with Gasteiger partial charge in [-0.05, 0) is 18.7 Å². The van der Waals surface area contributed by atoms with Crippen LogP contribution in [0.4, 0.5) is 0 Å². The van der Waals surface area contributed by atoms with Gasteiger partial charge in [0.1, 0.15) is 0 Å². The molecular weight excluding hydrogens is 200 g/mol. The van der Waals surface area contributed by atoms with E-state index in [2.05, 4.69) is 10.6 Å². The lowest BCUT2D eigenvalue weighted by molar-refractivity contribution is -0.120. The normalized spacial score (nSPS) is 10.1. The van der Waals surface area contributed by atoms with Crippen molar-refractivity contribution in [2.24, 2.45) is 0 Å². The van der Waals surface area contributed by atoms with E-state index in [0.717, 1.165) is 24.5 Å². The molecule has 0 aromatic carbocycles. The van der Waals surface area contributed by atoms with Gasteiger partial charge in [0, 0.05) is 18.9 Å². The van der Waals surface area contributed by atoms with E-state index in [4.69, 9.17) is 5.11 Å². The SMILES string of the molecule is CCNCC(=O)NCCSCCCO. The van der Waals surface area contributed by atoms with Crippen LogP contribution in [0.25, 0.3) is 0 Å². The monoisotopic (exact) mass is 220 g/mol. The quantitative estimate of drug-likeness (QED) is 0.472. The zero-order valence-electron chi connectivity index (χ0n) is 8.71.